The largest absolute Gasteiger partial charge is 0.481 e. The zero-order valence-corrected chi connectivity index (χ0v) is 8.87. The summed E-state index contributed by atoms with van der Waals surface area (Å²) in [6.07, 6.45) is 1.24. The Labute approximate surface area is 91.1 Å². The van der Waals surface area contributed by atoms with Gasteiger partial charge < -0.3 is 9.64 Å². The molecule has 90 valence electrons. The summed E-state index contributed by atoms with van der Waals surface area (Å²) in [5, 5.41) is 0. The van der Waals surface area contributed by atoms with E-state index in [4.69, 9.17) is 4.74 Å². The molecule has 0 atom stereocenters. The first-order valence-electron chi connectivity index (χ1n) is 4.73. The highest BCUT2D eigenvalue weighted by atomic mass is 19.1. The fraction of sp³-hybridized carbons (Fsp3) is 0.556. The lowest BCUT2D eigenvalue weighted by Crippen LogP contribution is -2.29. The minimum atomic E-state index is -0.623. The van der Waals surface area contributed by atoms with Crippen LogP contribution >= 0.6 is 0 Å². The molecule has 1 N–H and O–H groups in total. The zero-order chi connectivity index (χ0) is 12.0. The predicted octanol–water partition coefficient (Wildman–Crippen LogP) is 0.524. The number of methoxy groups -OCH3 is 1. The van der Waals surface area contributed by atoms with Crippen LogP contribution in [-0.4, -0.2) is 43.5 Å². The van der Waals surface area contributed by atoms with Crippen molar-refractivity contribution in [2.75, 3.05) is 38.4 Å². The molecule has 0 aliphatic heterocycles. The van der Waals surface area contributed by atoms with Crippen LogP contribution in [0.4, 0.5) is 14.5 Å². The van der Waals surface area contributed by atoms with E-state index in [0.29, 0.717) is 5.69 Å². The molecular weight excluding hydrogens is 220 g/mol. The first-order valence-corrected chi connectivity index (χ1v) is 4.73. The summed E-state index contributed by atoms with van der Waals surface area (Å²) in [5.41, 5.74) is -0.196. The minimum absolute atomic E-state index is 0.0218. The maximum Gasteiger partial charge on any atom is 0.347 e. The van der Waals surface area contributed by atoms with E-state index >= 15 is 0 Å². The number of ether oxygens (including phenoxy) is 1. The summed E-state index contributed by atoms with van der Waals surface area (Å²) in [7, 11) is 1.36. The van der Waals surface area contributed by atoms with Crippen molar-refractivity contribution < 1.29 is 13.5 Å². The van der Waals surface area contributed by atoms with Crippen molar-refractivity contribution in [2.24, 2.45) is 0 Å². The van der Waals surface area contributed by atoms with Crippen molar-refractivity contribution in [2.45, 2.75) is 0 Å². The monoisotopic (exact) mass is 233 g/mol. The van der Waals surface area contributed by atoms with E-state index in [1.165, 1.54) is 18.2 Å². The van der Waals surface area contributed by atoms with Gasteiger partial charge in [-0.1, -0.05) is 0 Å². The Morgan fingerprint density at radius 1 is 1.44 bits per heavy atom. The number of H-pyrrole nitrogens is 1. The Hall–Kier alpha value is -1.66. The van der Waals surface area contributed by atoms with Crippen molar-refractivity contribution in [1.29, 1.82) is 0 Å². The molecule has 0 aliphatic carbocycles. The van der Waals surface area contributed by atoms with Gasteiger partial charge in [0.05, 0.1) is 13.3 Å². The van der Waals surface area contributed by atoms with Gasteiger partial charge >= 0.3 is 5.69 Å². The van der Waals surface area contributed by atoms with Crippen molar-refractivity contribution in [3.8, 4) is 5.88 Å². The number of nitrogens with zero attached hydrogens (tertiary/aromatic N) is 2. The second-order valence-corrected chi connectivity index (χ2v) is 2.97. The lowest BCUT2D eigenvalue weighted by Gasteiger charge is -2.22. The highest BCUT2D eigenvalue weighted by Gasteiger charge is 2.13. The maximum atomic E-state index is 12.3. The third-order valence-corrected chi connectivity index (χ3v) is 2.01. The average molecular weight is 233 g/mol. The third kappa shape index (κ3) is 2.91. The first kappa shape index (κ1) is 12.4. The molecule has 0 saturated heterocycles. The molecule has 1 aromatic heterocycles. The van der Waals surface area contributed by atoms with Gasteiger partial charge in [-0.05, 0) is 0 Å². The van der Waals surface area contributed by atoms with E-state index in [9.17, 15) is 13.6 Å². The smallest absolute Gasteiger partial charge is 0.347 e. The fourth-order valence-corrected chi connectivity index (χ4v) is 1.31. The first-order chi connectivity index (χ1) is 7.72. The van der Waals surface area contributed by atoms with Crippen molar-refractivity contribution >= 4 is 5.69 Å². The molecule has 0 saturated carbocycles. The zero-order valence-electron chi connectivity index (χ0n) is 8.87. The molecule has 0 bridgehead atoms. The van der Waals surface area contributed by atoms with Crippen LogP contribution in [0.1, 0.15) is 0 Å². The van der Waals surface area contributed by atoms with Gasteiger partial charge in [0, 0.05) is 13.1 Å². The molecule has 0 fully saturated rings. The summed E-state index contributed by atoms with van der Waals surface area (Å²) in [5.74, 6) is 0.155. The van der Waals surface area contributed by atoms with Crippen LogP contribution in [-0.2, 0) is 0 Å². The second-order valence-electron chi connectivity index (χ2n) is 2.97. The van der Waals surface area contributed by atoms with E-state index in [-0.39, 0.29) is 19.0 Å². The molecular formula is C9H13F2N3O2. The van der Waals surface area contributed by atoms with Crippen LogP contribution in [0.15, 0.2) is 11.0 Å². The molecule has 0 radical (unpaired) electrons. The molecule has 1 rings (SSSR count). The number of hydrogen-bond donors (Lipinski definition) is 1. The fourth-order valence-electron chi connectivity index (χ4n) is 1.31. The van der Waals surface area contributed by atoms with Gasteiger partial charge in [-0.25, -0.2) is 13.6 Å². The number of anilines is 1. The van der Waals surface area contributed by atoms with Crippen LogP contribution in [0.2, 0.25) is 0 Å². The molecule has 7 heteroatoms. The summed E-state index contributed by atoms with van der Waals surface area (Å²) in [4.78, 5) is 18.2. The van der Waals surface area contributed by atoms with Crippen LogP contribution in [0.25, 0.3) is 0 Å². The van der Waals surface area contributed by atoms with Crippen LogP contribution in [0, 0.1) is 0 Å². The molecule has 16 heavy (non-hydrogen) atoms. The van der Waals surface area contributed by atoms with Crippen LogP contribution in [0.5, 0.6) is 5.88 Å². The van der Waals surface area contributed by atoms with E-state index in [1.807, 2.05) is 0 Å². The Morgan fingerprint density at radius 2 is 2.06 bits per heavy atom. The summed E-state index contributed by atoms with van der Waals surface area (Å²) >= 11 is 0. The van der Waals surface area contributed by atoms with E-state index in [0.717, 1.165) is 0 Å². The minimum Gasteiger partial charge on any atom is -0.481 e. The van der Waals surface area contributed by atoms with E-state index < -0.39 is 19.0 Å². The van der Waals surface area contributed by atoms with Gasteiger partial charge in [0.1, 0.15) is 19.0 Å². The summed E-state index contributed by atoms with van der Waals surface area (Å²) in [6, 6.07) is 0. The maximum absolute atomic E-state index is 12.3. The Bertz CT molecular complexity index is 377. The number of halogens is 2. The van der Waals surface area contributed by atoms with Gasteiger partial charge in [0.2, 0.25) is 5.88 Å². The normalized spacial score (nSPS) is 10.2. The SMILES string of the molecule is COc1[nH]c(=O)ncc1N(CCF)CCF. The number of alkyl halides is 2. The van der Waals surface area contributed by atoms with Gasteiger partial charge in [-0.3, -0.25) is 4.98 Å². The van der Waals surface area contributed by atoms with Crippen LogP contribution < -0.4 is 15.3 Å². The number of nitrogens with one attached hydrogen (secondary N) is 1. The summed E-state index contributed by atoms with van der Waals surface area (Å²) < 4.78 is 29.5. The lowest BCUT2D eigenvalue weighted by molar-refractivity contribution is 0.391. The van der Waals surface area contributed by atoms with Gasteiger partial charge in [0.25, 0.3) is 0 Å². The van der Waals surface area contributed by atoms with E-state index in [1.54, 1.807) is 0 Å². The molecule has 5 nitrogen and oxygen atoms in total. The predicted molar refractivity (Wildman–Crippen MR) is 55.6 cm³/mol. The van der Waals surface area contributed by atoms with Gasteiger partial charge in [0.15, 0.2) is 0 Å². The molecule has 0 amide bonds. The molecule has 1 heterocycles. The molecule has 0 spiro atoms. The highest BCUT2D eigenvalue weighted by molar-refractivity contribution is 5.52. The number of hydrogen-bond acceptors (Lipinski definition) is 4. The van der Waals surface area contributed by atoms with E-state index in [2.05, 4.69) is 9.97 Å². The standard InChI is InChI=1S/C9H13F2N3O2/c1-16-8-7(6-12-9(15)13-8)14(4-2-10)5-3-11/h6H,2-5H2,1H3,(H,12,13,15). The second kappa shape index (κ2) is 6.04. The topological polar surface area (TPSA) is 58.2 Å². The number of aromatic nitrogens is 2. The lowest BCUT2D eigenvalue weighted by atomic mass is 10.4. The van der Waals surface area contributed by atoms with Crippen molar-refractivity contribution in [1.82, 2.24) is 9.97 Å². The molecule has 0 aromatic carbocycles. The molecule has 1 aromatic rings. The van der Waals surface area contributed by atoms with Gasteiger partial charge in [-0.2, -0.15) is 4.98 Å². The van der Waals surface area contributed by atoms with Gasteiger partial charge in [-0.15, -0.1) is 0 Å². The average Bonchev–Trinajstić information content (AvgIpc) is 2.28. The Kier molecular flexibility index (Phi) is 4.68. The van der Waals surface area contributed by atoms with Crippen molar-refractivity contribution in [3.05, 3.63) is 16.7 Å². The molecule has 0 aliphatic rings. The highest BCUT2D eigenvalue weighted by Crippen LogP contribution is 2.22. The Balaban J connectivity index is 3.02. The Morgan fingerprint density at radius 3 is 2.56 bits per heavy atom. The van der Waals surface area contributed by atoms with Crippen molar-refractivity contribution in [3.63, 3.8) is 0 Å². The number of rotatable bonds is 6. The van der Waals surface area contributed by atoms with Crippen LogP contribution in [0.3, 0.4) is 0 Å². The third-order valence-electron chi connectivity index (χ3n) is 2.01. The summed E-state index contributed by atoms with van der Waals surface area (Å²) in [6.45, 7) is -1.20. The number of aromatic amines is 1. The quantitative estimate of drug-likeness (QED) is 0.778. The molecule has 0 unspecified atom stereocenters.